The van der Waals surface area contributed by atoms with Crippen LogP contribution in [0, 0.1) is 5.82 Å². The van der Waals surface area contributed by atoms with Crippen LogP contribution in [0.2, 0.25) is 0 Å². The van der Waals surface area contributed by atoms with Crippen LogP contribution in [0.5, 0.6) is 5.75 Å². The molecule has 5 nitrogen and oxygen atoms in total. The third-order valence-electron chi connectivity index (χ3n) is 4.57. The van der Waals surface area contributed by atoms with Crippen molar-refractivity contribution in [3.8, 4) is 5.75 Å². The number of nitrogens with one attached hydrogen (secondary N) is 1. The molecule has 3 aromatic rings. The van der Waals surface area contributed by atoms with Crippen LogP contribution in [0.3, 0.4) is 0 Å². The molecule has 0 aliphatic rings. The molecule has 30 heavy (non-hydrogen) atoms. The molecular formula is C23H26ClFN2O3. The van der Waals surface area contributed by atoms with Gasteiger partial charge in [-0.3, -0.25) is 9.69 Å². The van der Waals surface area contributed by atoms with Gasteiger partial charge in [-0.2, -0.15) is 0 Å². The Morgan fingerprint density at radius 3 is 2.70 bits per heavy atom. The van der Waals surface area contributed by atoms with E-state index in [-0.39, 0.29) is 30.7 Å². The highest BCUT2D eigenvalue weighted by molar-refractivity contribution is 5.85. The van der Waals surface area contributed by atoms with Crippen molar-refractivity contribution in [2.75, 3.05) is 20.1 Å². The maximum Gasteiger partial charge on any atom is 0.233 e. The second-order valence-corrected chi connectivity index (χ2v) is 6.74. The van der Waals surface area contributed by atoms with Crippen LogP contribution in [-0.2, 0) is 24.4 Å². The van der Waals surface area contributed by atoms with Crippen molar-refractivity contribution >= 4 is 18.3 Å². The number of amides is 1. The number of carbonyl (C=O) groups excluding carboxylic acids is 1. The lowest BCUT2D eigenvalue weighted by Crippen LogP contribution is -2.36. The maximum absolute atomic E-state index is 13.7. The molecular weight excluding hydrogens is 407 g/mol. The van der Waals surface area contributed by atoms with Gasteiger partial charge in [-0.1, -0.05) is 30.3 Å². The van der Waals surface area contributed by atoms with Gasteiger partial charge in [-0.05, 0) is 42.3 Å². The van der Waals surface area contributed by atoms with Crippen LogP contribution in [0.25, 0.3) is 0 Å². The smallest absolute Gasteiger partial charge is 0.233 e. The summed E-state index contributed by atoms with van der Waals surface area (Å²) < 4.78 is 24.9. The minimum atomic E-state index is -0.272. The van der Waals surface area contributed by atoms with E-state index in [1.54, 1.807) is 31.5 Å². The van der Waals surface area contributed by atoms with Crippen LogP contribution in [0.15, 0.2) is 71.3 Å². The van der Waals surface area contributed by atoms with Crippen molar-refractivity contribution in [3.05, 3.63) is 89.6 Å². The first-order chi connectivity index (χ1) is 14.1. The molecule has 0 atom stereocenters. The molecule has 7 heteroatoms. The summed E-state index contributed by atoms with van der Waals surface area (Å²) in [6.45, 7) is 1.72. The summed E-state index contributed by atoms with van der Waals surface area (Å²) in [4.78, 5) is 13.9. The molecule has 0 radical (unpaired) electrons. The molecule has 160 valence electrons. The van der Waals surface area contributed by atoms with Crippen molar-refractivity contribution in [1.29, 1.82) is 0 Å². The molecule has 0 saturated heterocycles. The van der Waals surface area contributed by atoms with Crippen molar-refractivity contribution < 1.29 is 18.3 Å². The molecule has 2 aromatic carbocycles. The molecule has 0 aliphatic heterocycles. The van der Waals surface area contributed by atoms with E-state index < -0.39 is 0 Å². The number of likely N-dealkylation sites (N-methyl/N-ethyl adjacent to an activating group) is 1. The molecule has 0 fully saturated rings. The summed E-state index contributed by atoms with van der Waals surface area (Å²) in [5.74, 6) is 1.19. The van der Waals surface area contributed by atoms with Gasteiger partial charge in [0.1, 0.15) is 23.9 Å². The third-order valence-corrected chi connectivity index (χ3v) is 4.57. The monoisotopic (exact) mass is 432 g/mol. The standard InChI is InChI=1S/C23H25FN2O3.ClH/c1-25-23(27)16-26(15-21-9-5-13-28-21)12-11-18-6-4-8-20(14-18)29-17-19-7-2-3-10-22(19)24;/h2-10,13-14H,11-12,15-17H2,1H3,(H,25,27);1H. The first kappa shape index (κ1) is 23.4. The first-order valence-electron chi connectivity index (χ1n) is 9.54. The lowest BCUT2D eigenvalue weighted by atomic mass is 10.1. The zero-order valence-corrected chi connectivity index (χ0v) is 17.7. The quantitative estimate of drug-likeness (QED) is 0.521. The molecule has 0 bridgehead atoms. The second kappa shape index (κ2) is 12.0. The average Bonchev–Trinajstić information content (AvgIpc) is 3.25. The predicted octanol–water partition coefficient (Wildman–Crippen LogP) is 4.21. The molecule has 1 heterocycles. The topological polar surface area (TPSA) is 54.7 Å². The molecule has 1 amide bonds. The van der Waals surface area contributed by atoms with Gasteiger partial charge in [0.2, 0.25) is 5.91 Å². The van der Waals surface area contributed by atoms with Gasteiger partial charge in [0.05, 0.1) is 19.4 Å². The fourth-order valence-corrected chi connectivity index (χ4v) is 2.97. The maximum atomic E-state index is 13.7. The fourth-order valence-electron chi connectivity index (χ4n) is 2.97. The molecule has 1 N–H and O–H groups in total. The van der Waals surface area contributed by atoms with E-state index in [9.17, 15) is 9.18 Å². The molecule has 0 aliphatic carbocycles. The third kappa shape index (κ3) is 7.21. The van der Waals surface area contributed by atoms with Crippen LogP contribution in [-0.4, -0.2) is 30.9 Å². The summed E-state index contributed by atoms with van der Waals surface area (Å²) in [5.41, 5.74) is 1.60. The average molecular weight is 433 g/mol. The fraction of sp³-hybridized carbons (Fsp3) is 0.261. The van der Waals surface area contributed by atoms with E-state index in [1.165, 1.54) is 6.07 Å². The van der Waals surface area contributed by atoms with Crippen molar-refractivity contribution in [2.24, 2.45) is 0 Å². The Labute approximate surface area is 182 Å². The molecule has 0 unspecified atom stereocenters. The normalized spacial score (nSPS) is 10.5. The van der Waals surface area contributed by atoms with Crippen molar-refractivity contribution in [3.63, 3.8) is 0 Å². The number of ether oxygens (including phenoxy) is 1. The van der Waals surface area contributed by atoms with Crippen molar-refractivity contribution in [2.45, 2.75) is 19.6 Å². The number of benzene rings is 2. The Kier molecular flexibility index (Phi) is 9.38. The first-order valence-corrected chi connectivity index (χ1v) is 9.54. The number of carbonyl (C=O) groups is 1. The molecule has 0 saturated carbocycles. The number of nitrogens with zero attached hydrogens (tertiary/aromatic N) is 1. The Hall–Kier alpha value is -2.83. The van der Waals surface area contributed by atoms with Crippen LogP contribution < -0.4 is 10.1 Å². The zero-order valence-electron chi connectivity index (χ0n) is 16.8. The molecule has 3 rings (SSSR count). The van der Waals surface area contributed by atoms with Gasteiger partial charge in [-0.25, -0.2) is 4.39 Å². The molecule has 1 aromatic heterocycles. The highest BCUT2D eigenvalue weighted by atomic mass is 35.5. The number of hydrogen-bond donors (Lipinski definition) is 1. The van der Waals surface area contributed by atoms with Gasteiger partial charge < -0.3 is 14.5 Å². The largest absolute Gasteiger partial charge is 0.489 e. The summed E-state index contributed by atoms with van der Waals surface area (Å²) in [6, 6.07) is 18.1. The Morgan fingerprint density at radius 1 is 1.13 bits per heavy atom. The van der Waals surface area contributed by atoms with E-state index >= 15 is 0 Å². The van der Waals surface area contributed by atoms with E-state index in [1.807, 2.05) is 41.3 Å². The number of hydrogen-bond acceptors (Lipinski definition) is 4. The molecule has 0 spiro atoms. The van der Waals surface area contributed by atoms with Crippen LogP contribution in [0.4, 0.5) is 4.39 Å². The SMILES string of the molecule is CNC(=O)CN(CCc1cccc(OCc2ccccc2F)c1)Cc1ccco1.Cl. The van der Waals surface area contributed by atoms with Gasteiger partial charge in [0, 0.05) is 19.2 Å². The highest BCUT2D eigenvalue weighted by Gasteiger charge is 2.12. The number of furan rings is 1. The van der Waals surface area contributed by atoms with Crippen molar-refractivity contribution in [1.82, 2.24) is 10.2 Å². The number of halogens is 2. The van der Waals surface area contributed by atoms with E-state index in [0.29, 0.717) is 30.9 Å². The van der Waals surface area contributed by atoms with Gasteiger partial charge in [0.25, 0.3) is 0 Å². The minimum absolute atomic E-state index is 0. The van der Waals surface area contributed by atoms with E-state index in [2.05, 4.69) is 5.32 Å². The van der Waals surface area contributed by atoms with Gasteiger partial charge >= 0.3 is 0 Å². The Bertz CT molecular complexity index is 918. The summed E-state index contributed by atoms with van der Waals surface area (Å²) in [5, 5.41) is 2.66. The summed E-state index contributed by atoms with van der Waals surface area (Å²) >= 11 is 0. The lowest BCUT2D eigenvalue weighted by Gasteiger charge is -2.20. The van der Waals surface area contributed by atoms with E-state index in [0.717, 1.165) is 17.7 Å². The van der Waals surface area contributed by atoms with Crippen LogP contribution in [0.1, 0.15) is 16.9 Å². The number of rotatable bonds is 10. The lowest BCUT2D eigenvalue weighted by molar-refractivity contribution is -0.121. The van der Waals surface area contributed by atoms with E-state index in [4.69, 9.17) is 9.15 Å². The van der Waals surface area contributed by atoms with Crippen LogP contribution >= 0.6 is 12.4 Å². The van der Waals surface area contributed by atoms with Gasteiger partial charge in [-0.15, -0.1) is 12.4 Å². The highest BCUT2D eigenvalue weighted by Crippen LogP contribution is 2.17. The minimum Gasteiger partial charge on any atom is -0.489 e. The van der Waals surface area contributed by atoms with Gasteiger partial charge in [0.15, 0.2) is 0 Å². The zero-order chi connectivity index (χ0) is 20.5. The predicted molar refractivity (Wildman–Crippen MR) is 116 cm³/mol. The summed E-state index contributed by atoms with van der Waals surface area (Å²) in [6.07, 6.45) is 2.37. The Balaban J connectivity index is 0.00000320. The Morgan fingerprint density at radius 2 is 1.97 bits per heavy atom. The summed E-state index contributed by atoms with van der Waals surface area (Å²) in [7, 11) is 1.63. The second-order valence-electron chi connectivity index (χ2n) is 6.74.